The van der Waals surface area contributed by atoms with E-state index >= 15 is 0 Å². The summed E-state index contributed by atoms with van der Waals surface area (Å²) in [6.07, 6.45) is 1.40. The Morgan fingerprint density at radius 1 is 1.22 bits per heavy atom. The highest BCUT2D eigenvalue weighted by atomic mass is 32.1. The van der Waals surface area contributed by atoms with Crippen LogP contribution in [-0.4, -0.2) is 36.6 Å². The maximum atomic E-state index is 12.1. The first-order valence-corrected chi connectivity index (χ1v) is 9.52. The maximum Gasteiger partial charge on any atom is 0.328 e. The molecule has 3 amide bonds. The Kier molecular flexibility index (Phi) is 3.92. The van der Waals surface area contributed by atoms with Gasteiger partial charge in [0, 0.05) is 29.8 Å². The molecule has 4 heterocycles. The molecule has 120 valence electrons. The number of urea groups is 1. The lowest BCUT2D eigenvalue weighted by atomic mass is 9.99. The molecule has 2 atom stereocenters. The molecule has 0 bridgehead atoms. The number of hydrogen-bond acceptors (Lipinski definition) is 4. The molecule has 0 spiro atoms. The highest BCUT2D eigenvalue weighted by molar-refractivity contribution is 7.10. The molecule has 1 unspecified atom stereocenters. The number of imide groups is 1. The first-order chi connectivity index (χ1) is 11.2. The molecule has 23 heavy (non-hydrogen) atoms. The van der Waals surface area contributed by atoms with E-state index in [2.05, 4.69) is 34.3 Å². The second-order valence-electron chi connectivity index (χ2n) is 5.87. The number of amides is 3. The van der Waals surface area contributed by atoms with Gasteiger partial charge >= 0.3 is 6.03 Å². The number of quaternary nitrogens is 1. The van der Waals surface area contributed by atoms with E-state index in [0.29, 0.717) is 19.6 Å². The molecule has 1 saturated heterocycles. The summed E-state index contributed by atoms with van der Waals surface area (Å²) in [4.78, 5) is 29.6. The van der Waals surface area contributed by atoms with Crippen LogP contribution in [0, 0.1) is 0 Å². The molecule has 2 aliphatic rings. The van der Waals surface area contributed by atoms with Gasteiger partial charge in [-0.2, -0.15) is 0 Å². The van der Waals surface area contributed by atoms with Crippen molar-refractivity contribution in [1.82, 2.24) is 10.2 Å². The fourth-order valence-corrected chi connectivity index (χ4v) is 5.23. The number of rotatable bonds is 3. The molecule has 1 fully saturated rings. The van der Waals surface area contributed by atoms with E-state index in [4.69, 9.17) is 0 Å². The highest BCUT2D eigenvalue weighted by Gasteiger charge is 2.38. The van der Waals surface area contributed by atoms with Crippen molar-refractivity contribution in [2.45, 2.75) is 18.9 Å². The molecule has 0 aromatic carbocycles. The summed E-state index contributed by atoms with van der Waals surface area (Å²) in [5.74, 6) is -0.0673. The monoisotopic (exact) mass is 348 g/mol. The van der Waals surface area contributed by atoms with Crippen molar-refractivity contribution in [1.29, 1.82) is 0 Å². The predicted octanol–water partition coefficient (Wildman–Crippen LogP) is 1.24. The molecule has 2 aromatic rings. The Balaban J connectivity index is 1.64. The van der Waals surface area contributed by atoms with E-state index in [1.165, 1.54) is 25.1 Å². The molecule has 2 aliphatic heterocycles. The normalized spacial score (nSPS) is 24.4. The fraction of sp³-hybridized carbons (Fsp3) is 0.375. The second kappa shape index (κ2) is 6.07. The minimum absolute atomic E-state index is 0.0673. The molecule has 0 radical (unpaired) electrons. The fourth-order valence-electron chi connectivity index (χ4n) is 3.41. The van der Waals surface area contributed by atoms with Crippen LogP contribution in [0.15, 0.2) is 29.0 Å². The van der Waals surface area contributed by atoms with Gasteiger partial charge in [0.05, 0.1) is 11.4 Å². The molecule has 7 heteroatoms. The van der Waals surface area contributed by atoms with Crippen LogP contribution < -0.4 is 10.2 Å². The van der Waals surface area contributed by atoms with E-state index < -0.39 is 0 Å². The quantitative estimate of drug-likeness (QED) is 0.877. The number of carbonyl (C=O) groups excluding carboxylic acids is 2. The molecule has 5 nitrogen and oxygen atoms in total. The van der Waals surface area contributed by atoms with Crippen molar-refractivity contribution in [3.63, 3.8) is 0 Å². The van der Waals surface area contributed by atoms with E-state index in [1.807, 2.05) is 11.3 Å². The van der Waals surface area contributed by atoms with Gasteiger partial charge in [-0.05, 0) is 22.9 Å². The zero-order valence-corrected chi connectivity index (χ0v) is 14.2. The Morgan fingerprint density at radius 2 is 2.13 bits per heavy atom. The summed E-state index contributed by atoms with van der Waals surface area (Å²) in [6.45, 7) is 1.82. The number of hydrogen-bond donors (Lipinski definition) is 2. The minimum atomic E-state index is -0.255. The summed E-state index contributed by atoms with van der Waals surface area (Å²) < 4.78 is 0. The van der Waals surface area contributed by atoms with Crippen LogP contribution >= 0.6 is 22.7 Å². The minimum Gasteiger partial charge on any atom is -0.337 e. The van der Waals surface area contributed by atoms with Crippen LogP contribution in [0.3, 0.4) is 0 Å². The lowest BCUT2D eigenvalue weighted by Crippen LogP contribution is -3.15. The average Bonchev–Trinajstić information content (AvgIpc) is 3.21. The first kappa shape index (κ1) is 14.9. The van der Waals surface area contributed by atoms with Gasteiger partial charge in [0.15, 0.2) is 12.7 Å². The standard InChI is InChI=1S/C16H17N3O2S2/c20-14-3-6-17-16(21)19(14)10-18-7-4-12-11(5-9-23-12)15(18)13-2-1-8-22-13/h1-2,5,8-9,15H,3-4,6-7,10H2,(H,17,21)/p+1/t15-/m1/s1. The van der Waals surface area contributed by atoms with Gasteiger partial charge in [-0.3, -0.25) is 4.79 Å². The molecular weight excluding hydrogens is 330 g/mol. The highest BCUT2D eigenvalue weighted by Crippen LogP contribution is 2.31. The van der Waals surface area contributed by atoms with Crippen LogP contribution in [0.5, 0.6) is 0 Å². The van der Waals surface area contributed by atoms with Crippen LogP contribution in [0.25, 0.3) is 0 Å². The second-order valence-corrected chi connectivity index (χ2v) is 7.85. The lowest BCUT2D eigenvalue weighted by Gasteiger charge is -2.36. The Bertz CT molecular complexity index is 710. The lowest BCUT2D eigenvalue weighted by molar-refractivity contribution is -0.934. The Hall–Kier alpha value is -1.70. The average molecular weight is 348 g/mol. The molecule has 4 rings (SSSR count). The maximum absolute atomic E-state index is 12.1. The summed E-state index contributed by atoms with van der Waals surface area (Å²) in [5, 5.41) is 7.01. The predicted molar refractivity (Wildman–Crippen MR) is 89.7 cm³/mol. The summed E-state index contributed by atoms with van der Waals surface area (Å²) in [7, 11) is 0. The van der Waals surface area contributed by atoms with Gasteiger partial charge in [-0.15, -0.1) is 22.7 Å². The van der Waals surface area contributed by atoms with Gasteiger partial charge in [0.1, 0.15) is 0 Å². The van der Waals surface area contributed by atoms with Gasteiger partial charge in [-0.1, -0.05) is 6.07 Å². The van der Waals surface area contributed by atoms with Crippen molar-refractivity contribution in [2.75, 3.05) is 19.8 Å². The van der Waals surface area contributed by atoms with Crippen LogP contribution in [0.1, 0.15) is 27.8 Å². The molecule has 0 aliphatic carbocycles. The molecule has 2 aromatic heterocycles. The number of nitrogens with one attached hydrogen (secondary N) is 2. The number of nitrogens with zero attached hydrogens (tertiary/aromatic N) is 1. The van der Waals surface area contributed by atoms with E-state index in [-0.39, 0.29) is 18.0 Å². The van der Waals surface area contributed by atoms with Crippen LogP contribution in [0.2, 0.25) is 0 Å². The van der Waals surface area contributed by atoms with Crippen LogP contribution in [0.4, 0.5) is 4.79 Å². The van der Waals surface area contributed by atoms with Crippen molar-refractivity contribution in [3.05, 3.63) is 44.3 Å². The van der Waals surface area contributed by atoms with Gasteiger partial charge in [0.25, 0.3) is 0 Å². The third-order valence-electron chi connectivity index (χ3n) is 4.52. The van der Waals surface area contributed by atoms with Crippen molar-refractivity contribution >= 4 is 34.6 Å². The molecule has 0 saturated carbocycles. The first-order valence-electron chi connectivity index (χ1n) is 7.76. The third-order valence-corrected chi connectivity index (χ3v) is 6.46. The zero-order valence-electron chi connectivity index (χ0n) is 12.6. The number of carbonyl (C=O) groups is 2. The summed E-state index contributed by atoms with van der Waals surface area (Å²) in [6, 6.07) is 6.38. The number of thiophene rings is 2. The van der Waals surface area contributed by atoms with Crippen molar-refractivity contribution < 1.29 is 14.5 Å². The summed E-state index contributed by atoms with van der Waals surface area (Å²) in [5.41, 5.74) is 1.35. The SMILES string of the molecule is O=C1CCNC(=O)N1C[NH+]1CCc2sccc2[C@@H]1c1cccs1. The van der Waals surface area contributed by atoms with E-state index in [0.717, 1.165) is 13.0 Å². The largest absolute Gasteiger partial charge is 0.337 e. The zero-order chi connectivity index (χ0) is 15.8. The molecular formula is C16H18N3O2S2+. The third kappa shape index (κ3) is 2.69. The van der Waals surface area contributed by atoms with E-state index in [1.54, 1.807) is 11.3 Å². The van der Waals surface area contributed by atoms with E-state index in [9.17, 15) is 9.59 Å². The van der Waals surface area contributed by atoms with Gasteiger partial charge in [-0.25, -0.2) is 9.69 Å². The van der Waals surface area contributed by atoms with Gasteiger partial charge < -0.3 is 10.2 Å². The topological polar surface area (TPSA) is 53.9 Å². The molecule has 2 N–H and O–H groups in total. The van der Waals surface area contributed by atoms with Gasteiger partial charge in [0.2, 0.25) is 5.91 Å². The van der Waals surface area contributed by atoms with Crippen molar-refractivity contribution in [3.8, 4) is 0 Å². The summed E-state index contributed by atoms with van der Waals surface area (Å²) >= 11 is 3.55. The number of fused-ring (bicyclic) bond motifs is 1. The van der Waals surface area contributed by atoms with Crippen LogP contribution in [-0.2, 0) is 11.2 Å². The smallest absolute Gasteiger partial charge is 0.328 e. The Labute approximate surface area is 142 Å². The van der Waals surface area contributed by atoms with Crippen molar-refractivity contribution in [2.24, 2.45) is 0 Å². The Morgan fingerprint density at radius 3 is 2.91 bits per heavy atom.